The van der Waals surface area contributed by atoms with Crippen molar-refractivity contribution in [2.45, 2.75) is 19.4 Å². The summed E-state index contributed by atoms with van der Waals surface area (Å²) in [6.45, 7) is 5.94. The lowest BCUT2D eigenvalue weighted by Crippen LogP contribution is -2.50. The highest BCUT2D eigenvalue weighted by molar-refractivity contribution is 6.30. The summed E-state index contributed by atoms with van der Waals surface area (Å²) in [6.07, 6.45) is 1.76. The van der Waals surface area contributed by atoms with Crippen molar-refractivity contribution in [3.8, 4) is 0 Å². The van der Waals surface area contributed by atoms with Crippen LogP contribution in [0, 0.1) is 5.92 Å². The minimum atomic E-state index is 0.177. The van der Waals surface area contributed by atoms with Crippen molar-refractivity contribution in [1.29, 1.82) is 0 Å². The van der Waals surface area contributed by atoms with E-state index >= 15 is 0 Å². The molecule has 2 aliphatic rings. The van der Waals surface area contributed by atoms with Gasteiger partial charge in [-0.1, -0.05) is 23.7 Å². The number of carbonyl (C=O) groups excluding carboxylic acids is 1. The first kappa shape index (κ1) is 15.8. The van der Waals surface area contributed by atoms with Gasteiger partial charge in [0.2, 0.25) is 5.91 Å². The quantitative estimate of drug-likeness (QED) is 0.856. The molecule has 3 rings (SSSR count). The lowest BCUT2D eigenvalue weighted by molar-refractivity contribution is -0.140. The van der Waals surface area contributed by atoms with E-state index in [1.807, 2.05) is 17.0 Å². The molecule has 0 unspecified atom stereocenters. The van der Waals surface area contributed by atoms with Crippen molar-refractivity contribution in [2.75, 3.05) is 39.4 Å². The van der Waals surface area contributed by atoms with Crippen LogP contribution in [0.3, 0.4) is 0 Å². The van der Waals surface area contributed by atoms with Crippen LogP contribution in [0.1, 0.15) is 18.4 Å². The molecular weight excluding hydrogens is 300 g/mol. The molecule has 0 atom stereocenters. The van der Waals surface area contributed by atoms with E-state index in [2.05, 4.69) is 17.0 Å². The maximum Gasteiger partial charge on any atom is 0.225 e. The second-order valence-corrected chi connectivity index (χ2v) is 6.55. The molecule has 0 spiro atoms. The van der Waals surface area contributed by atoms with Crippen LogP contribution in [-0.2, 0) is 16.1 Å². The van der Waals surface area contributed by atoms with Gasteiger partial charge in [0.25, 0.3) is 0 Å². The van der Waals surface area contributed by atoms with E-state index in [-0.39, 0.29) is 5.92 Å². The van der Waals surface area contributed by atoms with Crippen LogP contribution in [0.5, 0.6) is 0 Å². The molecule has 2 heterocycles. The highest BCUT2D eigenvalue weighted by Gasteiger charge is 2.28. The van der Waals surface area contributed by atoms with Gasteiger partial charge >= 0.3 is 0 Å². The molecule has 0 saturated carbocycles. The summed E-state index contributed by atoms with van der Waals surface area (Å²) in [5.74, 6) is 0.506. The van der Waals surface area contributed by atoms with Crippen LogP contribution in [0.25, 0.3) is 0 Å². The normalized spacial score (nSPS) is 21.0. The van der Waals surface area contributed by atoms with Gasteiger partial charge in [0.15, 0.2) is 0 Å². The fourth-order valence-electron chi connectivity index (χ4n) is 3.18. The van der Waals surface area contributed by atoms with E-state index in [1.165, 1.54) is 5.56 Å². The molecule has 22 heavy (non-hydrogen) atoms. The summed E-state index contributed by atoms with van der Waals surface area (Å²) in [7, 11) is 0. The van der Waals surface area contributed by atoms with E-state index in [0.717, 1.165) is 63.8 Å². The second kappa shape index (κ2) is 7.44. The predicted molar refractivity (Wildman–Crippen MR) is 86.9 cm³/mol. The topological polar surface area (TPSA) is 32.8 Å². The molecule has 2 aliphatic heterocycles. The van der Waals surface area contributed by atoms with Gasteiger partial charge in [-0.3, -0.25) is 9.69 Å². The van der Waals surface area contributed by atoms with E-state index in [9.17, 15) is 4.79 Å². The summed E-state index contributed by atoms with van der Waals surface area (Å²) in [5, 5.41) is 0.774. The fraction of sp³-hybridized carbons (Fsp3) is 0.588. The molecule has 2 fully saturated rings. The Kier molecular flexibility index (Phi) is 5.34. The van der Waals surface area contributed by atoms with Crippen LogP contribution >= 0.6 is 11.6 Å². The first-order valence-electron chi connectivity index (χ1n) is 8.06. The Balaban J connectivity index is 1.47. The number of hydrogen-bond acceptors (Lipinski definition) is 3. The average Bonchev–Trinajstić information content (AvgIpc) is 2.58. The molecule has 0 aromatic heterocycles. The summed E-state index contributed by atoms with van der Waals surface area (Å²) >= 11 is 5.92. The van der Waals surface area contributed by atoms with E-state index in [1.54, 1.807) is 0 Å². The van der Waals surface area contributed by atoms with Crippen molar-refractivity contribution in [2.24, 2.45) is 5.92 Å². The minimum absolute atomic E-state index is 0.177. The van der Waals surface area contributed by atoms with Crippen LogP contribution in [0.15, 0.2) is 24.3 Å². The van der Waals surface area contributed by atoms with Crippen molar-refractivity contribution >= 4 is 17.5 Å². The highest BCUT2D eigenvalue weighted by Crippen LogP contribution is 2.19. The second-order valence-electron chi connectivity index (χ2n) is 6.11. The molecule has 4 nitrogen and oxygen atoms in total. The smallest absolute Gasteiger partial charge is 0.225 e. The maximum absolute atomic E-state index is 12.5. The molecule has 1 amide bonds. The van der Waals surface area contributed by atoms with Crippen LogP contribution in [-0.4, -0.2) is 55.1 Å². The number of carbonyl (C=O) groups is 1. The SMILES string of the molecule is O=C(C1CCOCC1)N1CCN(Cc2ccc(Cl)cc2)CC1. The zero-order valence-corrected chi connectivity index (χ0v) is 13.6. The molecule has 1 aromatic carbocycles. The number of benzene rings is 1. The number of hydrogen-bond donors (Lipinski definition) is 0. The molecule has 120 valence electrons. The lowest BCUT2D eigenvalue weighted by Gasteiger charge is -2.37. The molecule has 0 bridgehead atoms. The van der Waals surface area contributed by atoms with Gasteiger partial charge < -0.3 is 9.64 Å². The van der Waals surface area contributed by atoms with Gasteiger partial charge in [0.05, 0.1) is 0 Å². The Hall–Kier alpha value is -1.10. The monoisotopic (exact) mass is 322 g/mol. The predicted octanol–water partition coefficient (Wildman–Crippen LogP) is 2.41. The van der Waals surface area contributed by atoms with Gasteiger partial charge in [0.1, 0.15) is 0 Å². The largest absolute Gasteiger partial charge is 0.381 e. The zero-order valence-electron chi connectivity index (χ0n) is 12.8. The third kappa shape index (κ3) is 4.00. The molecule has 0 aliphatic carbocycles. The molecule has 5 heteroatoms. The summed E-state index contributed by atoms with van der Waals surface area (Å²) < 4.78 is 5.34. The molecular formula is C17H23ClN2O2. The van der Waals surface area contributed by atoms with Gasteiger partial charge in [-0.15, -0.1) is 0 Å². The minimum Gasteiger partial charge on any atom is -0.381 e. The van der Waals surface area contributed by atoms with E-state index in [4.69, 9.17) is 16.3 Å². The maximum atomic E-state index is 12.5. The summed E-state index contributed by atoms with van der Waals surface area (Å²) in [6, 6.07) is 8.01. The standard InChI is InChI=1S/C17H23ClN2O2/c18-16-3-1-14(2-4-16)13-19-7-9-20(10-8-19)17(21)15-5-11-22-12-6-15/h1-4,15H,5-13H2. The summed E-state index contributed by atoms with van der Waals surface area (Å²) in [4.78, 5) is 16.9. The van der Waals surface area contributed by atoms with Crippen molar-refractivity contribution in [3.05, 3.63) is 34.9 Å². The number of ether oxygens (including phenoxy) is 1. The number of halogens is 1. The number of nitrogens with zero attached hydrogens (tertiary/aromatic N) is 2. The first-order chi connectivity index (χ1) is 10.7. The Morgan fingerprint density at radius 1 is 1.09 bits per heavy atom. The van der Waals surface area contributed by atoms with Gasteiger partial charge in [-0.25, -0.2) is 0 Å². The van der Waals surface area contributed by atoms with E-state index in [0.29, 0.717) is 5.91 Å². The van der Waals surface area contributed by atoms with E-state index < -0.39 is 0 Å². The van der Waals surface area contributed by atoms with Gasteiger partial charge in [0, 0.05) is 56.9 Å². The number of rotatable bonds is 3. The summed E-state index contributed by atoms with van der Waals surface area (Å²) in [5.41, 5.74) is 1.27. The molecule has 1 aromatic rings. The number of piperazine rings is 1. The first-order valence-corrected chi connectivity index (χ1v) is 8.43. The zero-order chi connectivity index (χ0) is 15.4. The molecule has 0 radical (unpaired) electrons. The van der Waals surface area contributed by atoms with Crippen molar-refractivity contribution in [1.82, 2.24) is 9.80 Å². The fourth-order valence-corrected chi connectivity index (χ4v) is 3.30. The van der Waals surface area contributed by atoms with Crippen LogP contribution in [0.4, 0.5) is 0 Å². The number of amides is 1. The van der Waals surface area contributed by atoms with Gasteiger partial charge in [-0.2, -0.15) is 0 Å². The van der Waals surface area contributed by atoms with Crippen LogP contribution < -0.4 is 0 Å². The Morgan fingerprint density at radius 3 is 2.36 bits per heavy atom. The van der Waals surface area contributed by atoms with Crippen LogP contribution in [0.2, 0.25) is 5.02 Å². The van der Waals surface area contributed by atoms with Crippen molar-refractivity contribution < 1.29 is 9.53 Å². The van der Waals surface area contributed by atoms with Crippen molar-refractivity contribution in [3.63, 3.8) is 0 Å². The molecule has 0 N–H and O–H groups in total. The Morgan fingerprint density at radius 2 is 1.73 bits per heavy atom. The third-order valence-corrected chi connectivity index (χ3v) is 4.83. The van der Waals surface area contributed by atoms with Gasteiger partial charge in [-0.05, 0) is 30.5 Å². The molecule has 2 saturated heterocycles. The Bertz CT molecular complexity index is 492. The lowest BCUT2D eigenvalue weighted by atomic mass is 9.98. The highest BCUT2D eigenvalue weighted by atomic mass is 35.5. The third-order valence-electron chi connectivity index (χ3n) is 4.57. The Labute approximate surface area is 137 Å². The average molecular weight is 323 g/mol.